The summed E-state index contributed by atoms with van der Waals surface area (Å²) in [6.07, 6.45) is 6.16. The van der Waals surface area contributed by atoms with Crippen molar-refractivity contribution in [1.82, 2.24) is 14.9 Å². The summed E-state index contributed by atoms with van der Waals surface area (Å²) >= 11 is 1.64. The number of ether oxygens (including phenoxy) is 1. The number of para-hydroxylation sites is 1. The highest BCUT2D eigenvalue weighted by molar-refractivity contribution is 7.99. The van der Waals surface area contributed by atoms with Crippen molar-refractivity contribution in [1.29, 1.82) is 0 Å². The van der Waals surface area contributed by atoms with Crippen LogP contribution in [0, 0.1) is 0 Å². The van der Waals surface area contributed by atoms with Crippen LogP contribution in [0.15, 0.2) is 102 Å². The lowest BCUT2D eigenvalue weighted by atomic mass is 10.0. The Morgan fingerprint density at radius 3 is 2.60 bits per heavy atom. The Morgan fingerprint density at radius 2 is 1.74 bits per heavy atom. The summed E-state index contributed by atoms with van der Waals surface area (Å²) in [6, 6.07) is 28.6. The van der Waals surface area contributed by atoms with Crippen LogP contribution in [-0.4, -0.2) is 45.7 Å². The quantitative estimate of drug-likeness (QED) is 0.202. The first kappa shape index (κ1) is 27.4. The molecule has 7 rings (SSSR count). The number of likely N-dealkylation sites (tertiary alicyclic amines) is 1. The Kier molecular flexibility index (Phi) is 7.70. The summed E-state index contributed by atoms with van der Waals surface area (Å²) in [5, 5.41) is 10.0. The fourth-order valence-electron chi connectivity index (χ4n) is 6.25. The molecule has 0 saturated carbocycles. The van der Waals surface area contributed by atoms with Gasteiger partial charge in [0.25, 0.3) is 0 Å². The van der Waals surface area contributed by atoms with Crippen molar-refractivity contribution in [2.24, 2.45) is 0 Å². The third-order valence-electron chi connectivity index (χ3n) is 8.39. The summed E-state index contributed by atoms with van der Waals surface area (Å²) in [5.41, 5.74) is 6.60. The number of fused-ring (bicyclic) bond motifs is 3. The number of rotatable bonds is 7. The molecule has 1 aromatic heterocycles. The van der Waals surface area contributed by atoms with Crippen LogP contribution in [0.3, 0.4) is 0 Å². The Hall–Kier alpha value is -4.40. The van der Waals surface area contributed by atoms with E-state index in [1.54, 1.807) is 31.3 Å². The van der Waals surface area contributed by atoms with Gasteiger partial charge in [-0.3, -0.25) is 9.69 Å². The number of carbonyl (C=O) groups is 1. The van der Waals surface area contributed by atoms with Crippen molar-refractivity contribution in [3.05, 3.63) is 114 Å². The molecule has 8 heteroatoms. The van der Waals surface area contributed by atoms with Crippen LogP contribution in [0.5, 0.6) is 5.75 Å². The van der Waals surface area contributed by atoms with Gasteiger partial charge in [-0.15, -0.1) is 0 Å². The zero-order chi connectivity index (χ0) is 29.2. The zero-order valence-electron chi connectivity index (χ0n) is 24.0. The van der Waals surface area contributed by atoms with E-state index in [2.05, 4.69) is 86.2 Å². The van der Waals surface area contributed by atoms with Gasteiger partial charge in [0.15, 0.2) is 5.16 Å². The van der Waals surface area contributed by atoms with Crippen LogP contribution in [0.2, 0.25) is 0 Å². The lowest BCUT2D eigenvalue weighted by molar-refractivity contribution is -0.120. The van der Waals surface area contributed by atoms with Gasteiger partial charge in [-0.25, -0.2) is 9.97 Å². The lowest BCUT2D eigenvalue weighted by Crippen LogP contribution is -2.39. The molecular formula is C35H33N5O2S. The average Bonchev–Trinajstić information content (AvgIpc) is 3.33. The number of aryl methyl sites for hydroxylation is 2. The van der Waals surface area contributed by atoms with Crippen LogP contribution in [0.1, 0.15) is 23.1 Å². The van der Waals surface area contributed by atoms with Crippen molar-refractivity contribution in [2.45, 2.75) is 42.3 Å². The van der Waals surface area contributed by atoms with E-state index in [9.17, 15) is 4.79 Å². The molecule has 5 aromatic rings. The number of hydrogen-bond donors (Lipinski definition) is 2. The molecule has 0 spiro atoms. The second-order valence-corrected chi connectivity index (χ2v) is 12.3. The number of methoxy groups -OCH3 is 1. The van der Waals surface area contributed by atoms with E-state index >= 15 is 0 Å². The SMILES string of the molecule is COc1ccc2ccccc2c1CN1C[C@@H](Sc2ncccn2)C[C@H]1C(=O)Nc1ccc2c(c1)Nc1ccccc1CC2. The van der Waals surface area contributed by atoms with Gasteiger partial charge in [0, 0.05) is 53.4 Å². The average molecular weight is 588 g/mol. The van der Waals surface area contributed by atoms with Gasteiger partial charge in [0.05, 0.1) is 13.2 Å². The monoisotopic (exact) mass is 587 g/mol. The molecule has 216 valence electrons. The maximum Gasteiger partial charge on any atom is 0.241 e. The number of nitrogens with one attached hydrogen (secondary N) is 2. The molecule has 0 aliphatic carbocycles. The van der Waals surface area contributed by atoms with Crippen molar-refractivity contribution < 1.29 is 9.53 Å². The van der Waals surface area contributed by atoms with Gasteiger partial charge >= 0.3 is 0 Å². The topological polar surface area (TPSA) is 79.4 Å². The van der Waals surface area contributed by atoms with Crippen LogP contribution in [0.4, 0.5) is 17.1 Å². The molecule has 1 amide bonds. The third kappa shape index (κ3) is 5.81. The van der Waals surface area contributed by atoms with E-state index in [4.69, 9.17) is 4.74 Å². The van der Waals surface area contributed by atoms with Gasteiger partial charge in [0.2, 0.25) is 5.91 Å². The first-order chi connectivity index (χ1) is 21.1. The minimum Gasteiger partial charge on any atom is -0.496 e. The van der Waals surface area contributed by atoms with Crippen LogP contribution < -0.4 is 15.4 Å². The standard InChI is InChI=1S/C35H33N5O2S/c1-42-33-16-14-23-7-2-4-9-28(23)29(33)22-40-21-27(43-35-36-17-6-18-37-35)20-32(40)34(41)38-26-15-13-25-12-11-24-8-3-5-10-30(24)39-31(25)19-26/h2-10,13-19,27,32,39H,11-12,20-22H2,1H3,(H,38,41)/t27-,32-/m0/s1. The van der Waals surface area contributed by atoms with Gasteiger partial charge in [-0.2, -0.15) is 0 Å². The maximum atomic E-state index is 14.0. The molecule has 4 aromatic carbocycles. The normalized spacial score (nSPS) is 17.9. The molecule has 2 N–H and O–H groups in total. The number of benzene rings is 4. The molecule has 0 bridgehead atoms. The molecule has 0 unspecified atom stereocenters. The lowest BCUT2D eigenvalue weighted by Gasteiger charge is -2.25. The first-order valence-corrected chi connectivity index (χ1v) is 15.5. The number of anilines is 3. The molecule has 2 atom stereocenters. The number of aromatic nitrogens is 2. The number of nitrogens with zero attached hydrogens (tertiary/aromatic N) is 3. The third-order valence-corrected chi connectivity index (χ3v) is 9.48. The highest BCUT2D eigenvalue weighted by Gasteiger charge is 2.38. The molecule has 3 heterocycles. The van der Waals surface area contributed by atoms with Gasteiger partial charge in [0.1, 0.15) is 5.75 Å². The molecular weight excluding hydrogens is 554 g/mol. The minimum atomic E-state index is -0.322. The molecule has 0 radical (unpaired) electrons. The first-order valence-electron chi connectivity index (χ1n) is 14.7. The Bertz CT molecular complexity index is 1780. The summed E-state index contributed by atoms with van der Waals surface area (Å²) in [7, 11) is 1.71. The van der Waals surface area contributed by atoms with Gasteiger partial charge in [-0.1, -0.05) is 66.4 Å². The van der Waals surface area contributed by atoms with Crippen LogP contribution in [0.25, 0.3) is 10.8 Å². The summed E-state index contributed by atoms with van der Waals surface area (Å²) in [4.78, 5) is 25.2. The van der Waals surface area contributed by atoms with E-state index in [-0.39, 0.29) is 17.2 Å². The van der Waals surface area contributed by atoms with E-state index in [1.807, 2.05) is 24.3 Å². The van der Waals surface area contributed by atoms with Crippen molar-refractivity contribution >= 4 is 45.5 Å². The van der Waals surface area contributed by atoms with E-state index in [1.165, 1.54) is 11.1 Å². The molecule has 1 fully saturated rings. The van der Waals surface area contributed by atoms with Crippen LogP contribution >= 0.6 is 11.8 Å². The number of thioether (sulfide) groups is 1. The number of carbonyl (C=O) groups excluding carboxylic acids is 1. The largest absolute Gasteiger partial charge is 0.496 e. The van der Waals surface area contributed by atoms with E-state index in [0.717, 1.165) is 63.7 Å². The predicted octanol–water partition coefficient (Wildman–Crippen LogP) is 6.85. The smallest absolute Gasteiger partial charge is 0.241 e. The van der Waals surface area contributed by atoms with Gasteiger partial charge < -0.3 is 15.4 Å². The summed E-state index contributed by atoms with van der Waals surface area (Å²) in [6.45, 7) is 1.33. The Balaban J connectivity index is 1.16. The second kappa shape index (κ2) is 12.1. The van der Waals surface area contributed by atoms with E-state index < -0.39 is 0 Å². The minimum absolute atomic E-state index is 0.00902. The fourth-order valence-corrected chi connectivity index (χ4v) is 7.34. The molecule has 2 aliphatic heterocycles. The predicted molar refractivity (Wildman–Crippen MR) is 173 cm³/mol. The summed E-state index contributed by atoms with van der Waals surface area (Å²) < 4.78 is 5.81. The molecule has 2 aliphatic rings. The molecule has 1 saturated heterocycles. The van der Waals surface area contributed by atoms with E-state index in [0.29, 0.717) is 13.0 Å². The second-order valence-electron chi connectivity index (χ2n) is 11.1. The summed E-state index contributed by atoms with van der Waals surface area (Å²) in [5.74, 6) is 0.822. The van der Waals surface area contributed by atoms with Crippen molar-refractivity contribution in [3.8, 4) is 5.75 Å². The fraction of sp³-hybridized carbons (Fsp3) is 0.229. The highest BCUT2D eigenvalue weighted by atomic mass is 32.2. The molecule has 43 heavy (non-hydrogen) atoms. The maximum absolute atomic E-state index is 14.0. The number of amides is 1. The Labute approximate surface area is 255 Å². The number of hydrogen-bond acceptors (Lipinski definition) is 7. The van der Waals surface area contributed by atoms with Crippen LogP contribution in [-0.2, 0) is 24.2 Å². The highest BCUT2D eigenvalue weighted by Crippen LogP contribution is 2.37. The van der Waals surface area contributed by atoms with Crippen molar-refractivity contribution in [2.75, 3.05) is 24.3 Å². The Morgan fingerprint density at radius 1 is 0.953 bits per heavy atom. The van der Waals surface area contributed by atoms with Crippen molar-refractivity contribution in [3.63, 3.8) is 0 Å². The van der Waals surface area contributed by atoms with Gasteiger partial charge in [-0.05, 0) is 71.5 Å². The molecule has 7 nitrogen and oxygen atoms in total. The zero-order valence-corrected chi connectivity index (χ0v) is 24.8.